The van der Waals surface area contributed by atoms with Gasteiger partial charge in [-0.1, -0.05) is 20.8 Å². The highest BCUT2D eigenvalue weighted by Crippen LogP contribution is 2.37. The number of hydrogen-bond acceptors (Lipinski definition) is 2. The molecule has 0 fully saturated rings. The van der Waals surface area contributed by atoms with Crippen LogP contribution in [0, 0.1) is 0 Å². The maximum atomic E-state index is 10.3. The van der Waals surface area contributed by atoms with Gasteiger partial charge in [-0.05, 0) is 42.4 Å². The van der Waals surface area contributed by atoms with Crippen LogP contribution >= 0.6 is 0 Å². The predicted octanol–water partition coefficient (Wildman–Crippen LogP) is 3.64. The summed E-state index contributed by atoms with van der Waals surface area (Å²) >= 11 is 0. The van der Waals surface area contributed by atoms with Gasteiger partial charge in [0, 0.05) is 5.69 Å². The summed E-state index contributed by atoms with van der Waals surface area (Å²) in [5.41, 5.74) is 0.780. The van der Waals surface area contributed by atoms with Crippen molar-refractivity contribution in [3.8, 4) is 5.75 Å². The van der Waals surface area contributed by atoms with Crippen molar-refractivity contribution in [2.45, 2.75) is 38.9 Å². The van der Waals surface area contributed by atoms with Crippen LogP contribution in [-0.2, 0) is 4.79 Å². The summed E-state index contributed by atoms with van der Waals surface area (Å²) < 4.78 is 6.12. The monoisotopic (exact) mass is 251 g/mol. The largest absolute Gasteiger partial charge is 0.544 e. The van der Waals surface area contributed by atoms with E-state index in [2.05, 4.69) is 39.2 Å². The molecule has 1 aromatic carbocycles. The first-order valence-electron chi connectivity index (χ1n) is 5.75. The lowest BCUT2D eigenvalue weighted by molar-refractivity contribution is -0.105. The minimum absolute atomic E-state index is 0.187. The molecule has 0 radical (unpaired) electrons. The van der Waals surface area contributed by atoms with E-state index in [0.29, 0.717) is 6.41 Å². The Kier molecular flexibility index (Phi) is 3.98. The standard InChI is InChI=1S/C13H21NO2Si/c1-13(2,3)17(4,5)16-12-8-6-11(7-9-12)14-10-15/h6-10H,1-5H3,(H,14,15). The maximum absolute atomic E-state index is 10.3. The maximum Gasteiger partial charge on any atom is 0.250 e. The Morgan fingerprint density at radius 1 is 1.18 bits per heavy atom. The number of carbonyl (C=O) groups excluding carboxylic acids is 1. The molecule has 1 amide bonds. The van der Waals surface area contributed by atoms with E-state index in [1.165, 1.54) is 0 Å². The Labute approximate surface area is 104 Å². The molecule has 0 spiro atoms. The van der Waals surface area contributed by atoms with Crippen LogP contribution in [-0.4, -0.2) is 14.7 Å². The van der Waals surface area contributed by atoms with Crippen LogP contribution in [0.25, 0.3) is 0 Å². The highest BCUT2D eigenvalue weighted by Gasteiger charge is 2.38. The average Bonchev–Trinajstić information content (AvgIpc) is 2.19. The number of hydrogen-bond donors (Lipinski definition) is 1. The molecule has 3 nitrogen and oxygen atoms in total. The van der Waals surface area contributed by atoms with Crippen LogP contribution in [0.4, 0.5) is 5.69 Å². The van der Waals surface area contributed by atoms with Gasteiger partial charge in [-0.3, -0.25) is 4.79 Å². The third-order valence-electron chi connectivity index (χ3n) is 3.26. The molecule has 94 valence electrons. The first-order valence-corrected chi connectivity index (χ1v) is 8.66. The number of rotatable bonds is 4. The molecular formula is C13H21NO2Si. The first-order chi connectivity index (χ1) is 7.76. The molecule has 17 heavy (non-hydrogen) atoms. The summed E-state index contributed by atoms with van der Waals surface area (Å²) in [4.78, 5) is 10.3. The highest BCUT2D eigenvalue weighted by atomic mass is 28.4. The molecule has 1 N–H and O–H groups in total. The second kappa shape index (κ2) is 4.92. The van der Waals surface area contributed by atoms with E-state index in [1.807, 2.05) is 24.3 Å². The quantitative estimate of drug-likeness (QED) is 0.655. The number of carbonyl (C=O) groups is 1. The van der Waals surface area contributed by atoms with Gasteiger partial charge in [0.15, 0.2) is 0 Å². The topological polar surface area (TPSA) is 38.3 Å². The summed E-state index contributed by atoms with van der Waals surface area (Å²) in [6.45, 7) is 11.1. The first kappa shape index (κ1) is 13.8. The SMILES string of the molecule is CC(C)(C)[Si](C)(C)Oc1ccc(NC=O)cc1. The zero-order valence-electron chi connectivity index (χ0n) is 11.2. The van der Waals surface area contributed by atoms with Crippen LogP contribution in [0.1, 0.15) is 20.8 Å². The van der Waals surface area contributed by atoms with Crippen LogP contribution < -0.4 is 9.74 Å². The van der Waals surface area contributed by atoms with Crippen LogP contribution in [0.5, 0.6) is 5.75 Å². The fourth-order valence-corrected chi connectivity index (χ4v) is 2.17. The van der Waals surface area contributed by atoms with Crippen molar-refractivity contribution < 1.29 is 9.22 Å². The smallest absolute Gasteiger partial charge is 0.250 e. The molecule has 0 aliphatic rings. The summed E-state index contributed by atoms with van der Waals surface area (Å²) in [6.07, 6.45) is 0.670. The number of benzene rings is 1. The van der Waals surface area contributed by atoms with E-state index in [-0.39, 0.29) is 5.04 Å². The van der Waals surface area contributed by atoms with Crippen LogP contribution in [0.2, 0.25) is 18.1 Å². The normalized spacial score (nSPS) is 12.1. The Morgan fingerprint density at radius 3 is 2.12 bits per heavy atom. The summed E-state index contributed by atoms with van der Waals surface area (Å²) in [7, 11) is -1.77. The molecule has 0 aromatic heterocycles. The highest BCUT2D eigenvalue weighted by molar-refractivity contribution is 6.74. The number of amides is 1. The number of anilines is 1. The molecule has 1 rings (SSSR count). The Morgan fingerprint density at radius 2 is 1.71 bits per heavy atom. The molecule has 0 heterocycles. The third-order valence-corrected chi connectivity index (χ3v) is 7.62. The van der Waals surface area contributed by atoms with E-state index >= 15 is 0 Å². The van der Waals surface area contributed by atoms with Crippen molar-refractivity contribution in [1.29, 1.82) is 0 Å². The molecule has 0 bridgehead atoms. The van der Waals surface area contributed by atoms with Crippen molar-refractivity contribution in [2.75, 3.05) is 5.32 Å². The minimum atomic E-state index is -1.77. The molecule has 0 atom stereocenters. The van der Waals surface area contributed by atoms with Crippen LogP contribution in [0.3, 0.4) is 0 Å². The second-order valence-corrected chi connectivity index (χ2v) is 10.4. The molecule has 0 saturated heterocycles. The lowest BCUT2D eigenvalue weighted by Crippen LogP contribution is -2.43. The third kappa shape index (κ3) is 3.59. The summed E-state index contributed by atoms with van der Waals surface area (Å²) in [5, 5.41) is 2.79. The molecular weight excluding hydrogens is 230 g/mol. The molecule has 0 unspecified atom stereocenters. The molecule has 0 aliphatic heterocycles. The van der Waals surface area contributed by atoms with E-state index in [4.69, 9.17) is 4.43 Å². The molecule has 4 heteroatoms. The van der Waals surface area contributed by atoms with Crippen molar-refractivity contribution >= 4 is 20.4 Å². The van der Waals surface area contributed by atoms with E-state index < -0.39 is 8.32 Å². The lowest BCUT2D eigenvalue weighted by atomic mass is 10.2. The molecule has 1 aromatic rings. The van der Waals surface area contributed by atoms with E-state index in [1.54, 1.807) is 0 Å². The van der Waals surface area contributed by atoms with Gasteiger partial charge in [0.2, 0.25) is 14.7 Å². The molecule has 0 saturated carbocycles. The van der Waals surface area contributed by atoms with Gasteiger partial charge >= 0.3 is 0 Å². The van der Waals surface area contributed by atoms with Gasteiger partial charge in [0.25, 0.3) is 0 Å². The fourth-order valence-electron chi connectivity index (χ4n) is 1.13. The van der Waals surface area contributed by atoms with Gasteiger partial charge < -0.3 is 9.74 Å². The Hall–Kier alpha value is -1.29. The fraction of sp³-hybridized carbons (Fsp3) is 0.462. The van der Waals surface area contributed by atoms with E-state index in [9.17, 15) is 4.79 Å². The second-order valence-electron chi connectivity index (χ2n) is 5.65. The van der Waals surface area contributed by atoms with Gasteiger partial charge in [0.05, 0.1) is 0 Å². The van der Waals surface area contributed by atoms with Crippen LogP contribution in [0.15, 0.2) is 24.3 Å². The Bertz CT molecular complexity index is 379. The van der Waals surface area contributed by atoms with Gasteiger partial charge in [0.1, 0.15) is 5.75 Å². The van der Waals surface area contributed by atoms with Crippen molar-refractivity contribution in [1.82, 2.24) is 0 Å². The van der Waals surface area contributed by atoms with Crippen molar-refractivity contribution in [3.63, 3.8) is 0 Å². The minimum Gasteiger partial charge on any atom is -0.544 e. The molecule has 0 aliphatic carbocycles. The zero-order chi connectivity index (χ0) is 13.1. The van der Waals surface area contributed by atoms with Gasteiger partial charge in [-0.15, -0.1) is 0 Å². The van der Waals surface area contributed by atoms with Gasteiger partial charge in [-0.25, -0.2) is 0 Å². The number of nitrogens with one attached hydrogen (secondary N) is 1. The summed E-state index contributed by atoms with van der Waals surface area (Å²) in [5.74, 6) is 0.869. The van der Waals surface area contributed by atoms with Gasteiger partial charge in [-0.2, -0.15) is 0 Å². The predicted molar refractivity (Wildman–Crippen MR) is 74.0 cm³/mol. The lowest BCUT2D eigenvalue weighted by Gasteiger charge is -2.36. The van der Waals surface area contributed by atoms with Crippen molar-refractivity contribution in [3.05, 3.63) is 24.3 Å². The summed E-state index contributed by atoms with van der Waals surface area (Å²) in [6, 6.07) is 7.48. The zero-order valence-corrected chi connectivity index (χ0v) is 12.2. The van der Waals surface area contributed by atoms with E-state index in [0.717, 1.165) is 11.4 Å². The van der Waals surface area contributed by atoms with Crippen molar-refractivity contribution in [2.24, 2.45) is 0 Å². The Balaban J connectivity index is 2.79. The average molecular weight is 251 g/mol.